The van der Waals surface area contributed by atoms with Crippen LogP contribution in [0.4, 0.5) is 0 Å². The first-order chi connectivity index (χ1) is 14.7. The van der Waals surface area contributed by atoms with Crippen molar-refractivity contribution >= 4 is 29.6 Å². The summed E-state index contributed by atoms with van der Waals surface area (Å²) >= 11 is 0. The van der Waals surface area contributed by atoms with Crippen molar-refractivity contribution in [3.05, 3.63) is 0 Å². The first-order valence-corrected chi connectivity index (χ1v) is 10.6. The van der Waals surface area contributed by atoms with Crippen molar-refractivity contribution in [2.45, 2.75) is 84.2 Å². The van der Waals surface area contributed by atoms with Crippen molar-refractivity contribution in [2.24, 2.45) is 23.3 Å². The van der Waals surface area contributed by atoms with Crippen molar-refractivity contribution in [1.82, 2.24) is 16.0 Å². The number of hydrogen-bond acceptors (Lipinski definition) is 7. The van der Waals surface area contributed by atoms with Crippen LogP contribution >= 0.6 is 0 Å². The highest BCUT2D eigenvalue weighted by Gasteiger charge is 2.33. The molecule has 0 saturated carbocycles. The Balaban J connectivity index is 5.53. The van der Waals surface area contributed by atoms with Crippen LogP contribution in [0.15, 0.2) is 0 Å². The number of aliphatic carboxylic acids is 1. The van der Waals surface area contributed by atoms with Crippen molar-refractivity contribution in [2.75, 3.05) is 0 Å². The van der Waals surface area contributed by atoms with Gasteiger partial charge < -0.3 is 37.6 Å². The van der Waals surface area contributed by atoms with Gasteiger partial charge in [-0.05, 0) is 25.2 Å². The molecule has 0 bridgehead atoms. The maximum Gasteiger partial charge on any atom is 0.326 e. The van der Waals surface area contributed by atoms with E-state index in [9.17, 15) is 34.2 Å². The summed E-state index contributed by atoms with van der Waals surface area (Å²) in [6.45, 7) is 8.09. The highest BCUT2D eigenvalue weighted by atomic mass is 16.4. The third kappa shape index (κ3) is 9.60. The number of aliphatic hydroxyl groups excluding tert-OH is 1. The summed E-state index contributed by atoms with van der Waals surface area (Å²) in [7, 11) is 0. The summed E-state index contributed by atoms with van der Waals surface area (Å²) in [6, 6.07) is -4.81. The molecule has 0 rings (SSSR count). The van der Waals surface area contributed by atoms with Gasteiger partial charge in [0, 0.05) is 6.42 Å². The molecular weight excluding hydrogens is 422 g/mol. The number of carboxylic acid groups (broad SMARTS) is 1. The number of nitrogens with two attached hydrogens (primary N) is 2. The number of carbonyl (C=O) groups excluding carboxylic acids is 4. The van der Waals surface area contributed by atoms with E-state index in [0.717, 1.165) is 0 Å². The highest BCUT2D eigenvalue weighted by molar-refractivity contribution is 5.94. The van der Waals surface area contributed by atoms with Crippen LogP contribution in [0.1, 0.15) is 53.9 Å². The lowest BCUT2D eigenvalue weighted by molar-refractivity contribution is -0.144. The van der Waals surface area contributed by atoms with E-state index in [2.05, 4.69) is 16.0 Å². The van der Waals surface area contributed by atoms with Gasteiger partial charge in [0.2, 0.25) is 23.6 Å². The van der Waals surface area contributed by atoms with E-state index in [-0.39, 0.29) is 18.8 Å². The second-order valence-electron chi connectivity index (χ2n) is 8.27. The quantitative estimate of drug-likeness (QED) is 0.157. The molecule has 32 heavy (non-hydrogen) atoms. The minimum Gasteiger partial charge on any atom is -0.480 e. The number of primary amides is 1. The zero-order valence-corrected chi connectivity index (χ0v) is 19.3. The number of rotatable bonds is 14. The molecule has 0 radical (unpaired) electrons. The second kappa shape index (κ2) is 13.6. The van der Waals surface area contributed by atoms with Gasteiger partial charge in [0.25, 0.3) is 0 Å². The van der Waals surface area contributed by atoms with Crippen molar-refractivity contribution in [1.29, 1.82) is 0 Å². The van der Waals surface area contributed by atoms with Gasteiger partial charge in [-0.15, -0.1) is 0 Å². The first-order valence-electron chi connectivity index (χ1n) is 10.6. The molecule has 6 atom stereocenters. The third-order valence-electron chi connectivity index (χ3n) is 5.16. The Morgan fingerprint density at radius 2 is 1.41 bits per heavy atom. The molecular formula is C20H37N5O7. The van der Waals surface area contributed by atoms with Crippen LogP contribution < -0.4 is 27.4 Å². The van der Waals surface area contributed by atoms with Crippen LogP contribution in [0.5, 0.6) is 0 Å². The van der Waals surface area contributed by atoms with Crippen LogP contribution in [-0.4, -0.2) is 70.1 Å². The van der Waals surface area contributed by atoms with Gasteiger partial charge in [-0.1, -0.05) is 34.1 Å². The summed E-state index contributed by atoms with van der Waals surface area (Å²) in [5, 5.41) is 26.2. The van der Waals surface area contributed by atoms with Gasteiger partial charge in [0.05, 0.1) is 6.10 Å². The Morgan fingerprint density at radius 3 is 1.81 bits per heavy atom. The summed E-state index contributed by atoms with van der Waals surface area (Å²) < 4.78 is 0. The molecule has 0 aliphatic carbocycles. The second-order valence-corrected chi connectivity index (χ2v) is 8.27. The van der Waals surface area contributed by atoms with E-state index < -0.39 is 65.8 Å². The fourth-order valence-electron chi connectivity index (χ4n) is 2.76. The van der Waals surface area contributed by atoms with E-state index in [4.69, 9.17) is 11.5 Å². The standard InChI is InChI=1S/C20H37N5O7/c1-6-10(4)16(20(31)32)25-19(30)15(9(2)3)24-17(28)12(7-8-13(21)27)23-18(29)14(22)11(5)26/h9-12,14-16,26H,6-8,22H2,1-5H3,(H2,21,27)(H,23,29)(H,24,28)(H,25,30)(H,31,32). The molecule has 0 saturated heterocycles. The number of carbonyl (C=O) groups is 5. The molecule has 0 fully saturated rings. The van der Waals surface area contributed by atoms with Gasteiger partial charge in [0.15, 0.2) is 0 Å². The summed E-state index contributed by atoms with van der Waals surface area (Å²) in [5.41, 5.74) is 10.7. The number of amides is 4. The zero-order chi connectivity index (χ0) is 25.2. The molecule has 4 amide bonds. The molecule has 0 aromatic heterocycles. The molecule has 0 spiro atoms. The van der Waals surface area contributed by atoms with Gasteiger partial charge in [0.1, 0.15) is 24.2 Å². The van der Waals surface area contributed by atoms with E-state index >= 15 is 0 Å². The lowest BCUT2D eigenvalue weighted by Gasteiger charge is -2.28. The Kier molecular flexibility index (Phi) is 12.5. The molecule has 12 nitrogen and oxygen atoms in total. The summed E-state index contributed by atoms with van der Waals surface area (Å²) in [6.07, 6.45) is -1.05. The number of nitrogens with one attached hydrogen (secondary N) is 3. The monoisotopic (exact) mass is 459 g/mol. The summed E-state index contributed by atoms with van der Waals surface area (Å²) in [4.78, 5) is 60.5. The Hall–Kier alpha value is -2.73. The Labute approximate surface area is 187 Å². The molecule has 9 N–H and O–H groups in total. The predicted octanol–water partition coefficient (Wildman–Crippen LogP) is -1.80. The number of aliphatic hydroxyl groups is 1. The van der Waals surface area contributed by atoms with Crippen LogP contribution in [0.2, 0.25) is 0 Å². The molecule has 0 heterocycles. The number of carboxylic acids is 1. The Morgan fingerprint density at radius 1 is 0.875 bits per heavy atom. The first kappa shape index (κ1) is 29.3. The molecule has 184 valence electrons. The minimum atomic E-state index is -1.31. The third-order valence-corrected chi connectivity index (χ3v) is 5.16. The topological polar surface area (TPSA) is 214 Å². The van der Waals surface area contributed by atoms with Gasteiger partial charge in [-0.25, -0.2) is 4.79 Å². The van der Waals surface area contributed by atoms with Crippen LogP contribution in [0, 0.1) is 11.8 Å². The molecule has 0 aliphatic rings. The van der Waals surface area contributed by atoms with E-state index in [0.29, 0.717) is 6.42 Å². The summed E-state index contributed by atoms with van der Waals surface area (Å²) in [5.74, 6) is -4.95. The van der Waals surface area contributed by atoms with Crippen molar-refractivity contribution in [3.63, 3.8) is 0 Å². The van der Waals surface area contributed by atoms with E-state index in [1.165, 1.54) is 6.92 Å². The largest absolute Gasteiger partial charge is 0.480 e. The van der Waals surface area contributed by atoms with Crippen LogP contribution in [0.25, 0.3) is 0 Å². The fraction of sp³-hybridized carbons (Fsp3) is 0.750. The molecule has 0 aromatic carbocycles. The Bertz CT molecular complexity index is 683. The normalized spacial score (nSPS) is 16.8. The average Bonchev–Trinajstić information content (AvgIpc) is 2.70. The van der Waals surface area contributed by atoms with Gasteiger partial charge >= 0.3 is 5.97 Å². The molecule has 6 unspecified atom stereocenters. The predicted molar refractivity (Wildman–Crippen MR) is 116 cm³/mol. The lowest BCUT2D eigenvalue weighted by Crippen LogP contribution is -2.59. The highest BCUT2D eigenvalue weighted by Crippen LogP contribution is 2.11. The van der Waals surface area contributed by atoms with Crippen LogP contribution in [0.3, 0.4) is 0 Å². The lowest BCUT2D eigenvalue weighted by atomic mass is 9.97. The minimum absolute atomic E-state index is 0.156. The maximum absolute atomic E-state index is 12.8. The molecule has 0 aromatic rings. The SMILES string of the molecule is CCC(C)C(NC(=O)C(NC(=O)C(CCC(N)=O)NC(=O)C(N)C(C)O)C(C)C)C(=O)O. The number of hydrogen-bond donors (Lipinski definition) is 7. The van der Waals surface area contributed by atoms with Crippen molar-refractivity contribution in [3.8, 4) is 0 Å². The smallest absolute Gasteiger partial charge is 0.326 e. The maximum atomic E-state index is 12.8. The van der Waals surface area contributed by atoms with Gasteiger partial charge in [-0.2, -0.15) is 0 Å². The van der Waals surface area contributed by atoms with E-state index in [1.807, 2.05) is 0 Å². The average molecular weight is 460 g/mol. The fourth-order valence-corrected chi connectivity index (χ4v) is 2.76. The zero-order valence-electron chi connectivity index (χ0n) is 19.3. The van der Waals surface area contributed by atoms with E-state index in [1.54, 1.807) is 27.7 Å². The van der Waals surface area contributed by atoms with Crippen LogP contribution in [-0.2, 0) is 24.0 Å². The molecule has 12 heteroatoms. The van der Waals surface area contributed by atoms with Gasteiger partial charge in [-0.3, -0.25) is 19.2 Å². The molecule has 0 aliphatic heterocycles. The van der Waals surface area contributed by atoms with Crippen molar-refractivity contribution < 1.29 is 34.2 Å².